The first-order valence-corrected chi connectivity index (χ1v) is 9.17. The van der Waals surface area contributed by atoms with Gasteiger partial charge in [-0.2, -0.15) is 0 Å². The number of anilines is 1. The van der Waals surface area contributed by atoms with Crippen molar-refractivity contribution in [2.24, 2.45) is 5.92 Å². The highest BCUT2D eigenvalue weighted by molar-refractivity contribution is 7.15. The van der Waals surface area contributed by atoms with Gasteiger partial charge in [-0.3, -0.25) is 4.79 Å². The van der Waals surface area contributed by atoms with Gasteiger partial charge in [0.25, 0.3) is 5.91 Å². The molecule has 2 N–H and O–H groups in total. The highest BCUT2D eigenvalue weighted by atomic mass is 32.1. The van der Waals surface area contributed by atoms with E-state index >= 15 is 0 Å². The second-order valence-corrected chi connectivity index (χ2v) is 7.27. The molecule has 1 aliphatic rings. The summed E-state index contributed by atoms with van der Waals surface area (Å²) < 4.78 is 0. The SMILES string of the molecule is CC1CCCCC1c1csc(NC(=O)c2ccccc2)c1C(=O)O. The fraction of sp³-hybridized carbons (Fsp3) is 0.368. The average molecular weight is 343 g/mol. The molecule has 0 radical (unpaired) electrons. The number of benzene rings is 1. The Morgan fingerprint density at radius 3 is 2.54 bits per heavy atom. The van der Waals surface area contributed by atoms with Gasteiger partial charge in [-0.25, -0.2) is 4.79 Å². The maximum atomic E-state index is 12.3. The van der Waals surface area contributed by atoms with Crippen molar-refractivity contribution >= 4 is 28.2 Å². The molecule has 0 aliphatic heterocycles. The first-order chi connectivity index (χ1) is 11.6. The Morgan fingerprint density at radius 1 is 1.17 bits per heavy atom. The molecule has 1 amide bonds. The van der Waals surface area contributed by atoms with Crippen molar-refractivity contribution in [1.29, 1.82) is 0 Å². The zero-order valence-electron chi connectivity index (χ0n) is 13.6. The van der Waals surface area contributed by atoms with Crippen LogP contribution in [-0.4, -0.2) is 17.0 Å². The summed E-state index contributed by atoms with van der Waals surface area (Å²) in [5.41, 5.74) is 1.67. The van der Waals surface area contributed by atoms with Crippen molar-refractivity contribution in [2.75, 3.05) is 5.32 Å². The molecule has 2 unspecified atom stereocenters. The van der Waals surface area contributed by atoms with Gasteiger partial charge >= 0.3 is 5.97 Å². The van der Waals surface area contributed by atoms with Crippen molar-refractivity contribution in [3.63, 3.8) is 0 Å². The van der Waals surface area contributed by atoms with Crippen LogP contribution >= 0.6 is 11.3 Å². The number of carboxylic acid groups (broad SMARTS) is 1. The zero-order valence-corrected chi connectivity index (χ0v) is 14.4. The molecule has 3 rings (SSSR count). The molecule has 0 bridgehead atoms. The van der Waals surface area contributed by atoms with E-state index in [1.807, 2.05) is 11.4 Å². The molecular formula is C19H21NO3S. The van der Waals surface area contributed by atoms with Crippen molar-refractivity contribution in [3.05, 3.63) is 52.4 Å². The summed E-state index contributed by atoms with van der Waals surface area (Å²) in [5, 5.41) is 14.8. The van der Waals surface area contributed by atoms with Gasteiger partial charge in [0, 0.05) is 5.56 Å². The normalized spacial score (nSPS) is 20.5. The van der Waals surface area contributed by atoms with Gasteiger partial charge < -0.3 is 10.4 Å². The van der Waals surface area contributed by atoms with Crippen LogP contribution < -0.4 is 5.32 Å². The van der Waals surface area contributed by atoms with Gasteiger partial charge in [0.1, 0.15) is 5.00 Å². The number of nitrogens with one attached hydrogen (secondary N) is 1. The van der Waals surface area contributed by atoms with Gasteiger partial charge in [0.05, 0.1) is 5.56 Å². The molecule has 1 aromatic carbocycles. The van der Waals surface area contributed by atoms with Crippen LogP contribution in [0.5, 0.6) is 0 Å². The topological polar surface area (TPSA) is 66.4 Å². The van der Waals surface area contributed by atoms with Gasteiger partial charge in [0.15, 0.2) is 0 Å². The minimum absolute atomic E-state index is 0.267. The number of thiophene rings is 1. The number of carbonyl (C=O) groups excluding carboxylic acids is 1. The second kappa shape index (κ2) is 7.18. The van der Waals surface area contributed by atoms with E-state index in [-0.39, 0.29) is 17.4 Å². The van der Waals surface area contributed by atoms with Crippen LogP contribution in [-0.2, 0) is 0 Å². The van der Waals surface area contributed by atoms with Gasteiger partial charge in [-0.1, -0.05) is 44.4 Å². The molecule has 4 nitrogen and oxygen atoms in total. The van der Waals surface area contributed by atoms with Crippen molar-refractivity contribution in [2.45, 2.75) is 38.5 Å². The van der Waals surface area contributed by atoms with E-state index in [0.717, 1.165) is 24.8 Å². The van der Waals surface area contributed by atoms with Crippen LogP contribution in [0.1, 0.15) is 64.8 Å². The molecule has 126 valence electrons. The molecule has 2 atom stereocenters. The van der Waals surface area contributed by atoms with Crippen LogP contribution in [0.2, 0.25) is 0 Å². The standard InChI is InChI=1S/C19H21NO3S/c1-12-7-5-6-10-14(12)15-11-24-18(16(15)19(22)23)20-17(21)13-8-3-2-4-9-13/h2-4,8-9,11-12,14H,5-7,10H2,1H3,(H,20,21)(H,22,23). The lowest BCUT2D eigenvalue weighted by Crippen LogP contribution is -2.18. The number of hydrogen-bond acceptors (Lipinski definition) is 3. The highest BCUT2D eigenvalue weighted by Gasteiger charge is 2.30. The molecule has 1 aromatic heterocycles. The minimum Gasteiger partial charge on any atom is -0.478 e. The van der Waals surface area contributed by atoms with Crippen LogP contribution in [0.4, 0.5) is 5.00 Å². The Kier molecular flexibility index (Phi) is 5.00. The lowest BCUT2D eigenvalue weighted by atomic mass is 9.76. The minimum atomic E-state index is -0.965. The zero-order chi connectivity index (χ0) is 17.1. The average Bonchev–Trinajstić information content (AvgIpc) is 2.99. The van der Waals surface area contributed by atoms with Crippen molar-refractivity contribution in [3.8, 4) is 0 Å². The molecule has 1 aliphatic carbocycles. The third-order valence-electron chi connectivity index (χ3n) is 4.81. The van der Waals surface area contributed by atoms with Crippen molar-refractivity contribution in [1.82, 2.24) is 0 Å². The lowest BCUT2D eigenvalue weighted by molar-refractivity contribution is 0.0696. The lowest BCUT2D eigenvalue weighted by Gasteiger charge is -2.28. The molecule has 2 aromatic rings. The predicted molar refractivity (Wildman–Crippen MR) is 96.0 cm³/mol. The fourth-order valence-electron chi connectivity index (χ4n) is 3.50. The van der Waals surface area contributed by atoms with Gasteiger partial charge in [-0.15, -0.1) is 11.3 Å². The van der Waals surface area contributed by atoms with E-state index < -0.39 is 5.97 Å². The molecule has 1 fully saturated rings. The van der Waals surface area contributed by atoms with Gasteiger partial charge in [0.2, 0.25) is 0 Å². The Bertz CT molecular complexity index is 738. The quantitative estimate of drug-likeness (QED) is 0.821. The summed E-state index contributed by atoms with van der Waals surface area (Å²) in [6.07, 6.45) is 4.49. The Balaban J connectivity index is 1.89. The second-order valence-electron chi connectivity index (χ2n) is 6.39. The maximum absolute atomic E-state index is 12.3. The van der Waals surface area contributed by atoms with Crippen LogP contribution in [0.3, 0.4) is 0 Å². The molecule has 5 heteroatoms. The summed E-state index contributed by atoms with van der Waals surface area (Å²) >= 11 is 1.31. The molecule has 24 heavy (non-hydrogen) atoms. The monoisotopic (exact) mass is 343 g/mol. The van der Waals surface area contributed by atoms with E-state index in [1.165, 1.54) is 17.8 Å². The number of hydrogen-bond donors (Lipinski definition) is 2. The third kappa shape index (κ3) is 3.36. The molecule has 0 spiro atoms. The van der Waals surface area contributed by atoms with Gasteiger partial charge in [-0.05, 0) is 41.3 Å². The van der Waals surface area contributed by atoms with Crippen molar-refractivity contribution < 1.29 is 14.7 Å². The van der Waals surface area contributed by atoms with Crippen LogP contribution in [0.15, 0.2) is 35.7 Å². The number of carbonyl (C=O) groups is 2. The van der Waals surface area contributed by atoms with Crippen LogP contribution in [0.25, 0.3) is 0 Å². The molecule has 0 saturated heterocycles. The first kappa shape index (κ1) is 16.7. The third-order valence-corrected chi connectivity index (χ3v) is 5.72. The smallest absolute Gasteiger partial charge is 0.339 e. The Morgan fingerprint density at radius 2 is 1.88 bits per heavy atom. The number of rotatable bonds is 4. The van der Waals surface area contributed by atoms with E-state index in [0.29, 0.717) is 16.5 Å². The molecular weight excluding hydrogens is 322 g/mol. The van der Waals surface area contributed by atoms with E-state index in [4.69, 9.17) is 0 Å². The number of carboxylic acids is 1. The number of aromatic carboxylic acids is 1. The van der Waals surface area contributed by atoms with E-state index in [1.54, 1.807) is 24.3 Å². The van der Waals surface area contributed by atoms with E-state index in [9.17, 15) is 14.7 Å². The van der Waals surface area contributed by atoms with Crippen LogP contribution in [0, 0.1) is 5.92 Å². The first-order valence-electron chi connectivity index (χ1n) is 8.29. The summed E-state index contributed by atoms with van der Waals surface area (Å²) in [5.74, 6) is -0.497. The largest absolute Gasteiger partial charge is 0.478 e. The Labute approximate surface area is 145 Å². The maximum Gasteiger partial charge on any atom is 0.339 e. The fourth-order valence-corrected chi connectivity index (χ4v) is 4.51. The summed E-state index contributed by atoms with van der Waals surface area (Å²) in [4.78, 5) is 24.2. The molecule has 1 heterocycles. The number of amides is 1. The predicted octanol–water partition coefficient (Wildman–Crippen LogP) is 4.99. The Hall–Kier alpha value is -2.14. The summed E-state index contributed by atoms with van der Waals surface area (Å²) in [6.45, 7) is 2.19. The highest BCUT2D eigenvalue weighted by Crippen LogP contribution is 2.43. The van der Waals surface area contributed by atoms with E-state index in [2.05, 4.69) is 12.2 Å². The summed E-state index contributed by atoms with van der Waals surface area (Å²) in [7, 11) is 0. The summed E-state index contributed by atoms with van der Waals surface area (Å²) in [6, 6.07) is 8.85. The molecule has 1 saturated carbocycles.